The largest absolute Gasteiger partial charge is 0.463 e. The first-order chi connectivity index (χ1) is 14.8. The van der Waals surface area contributed by atoms with Gasteiger partial charge in [-0.2, -0.15) is 0 Å². The van der Waals surface area contributed by atoms with Gasteiger partial charge in [0.25, 0.3) is 5.91 Å². The zero-order valence-corrected chi connectivity index (χ0v) is 19.2. The van der Waals surface area contributed by atoms with Crippen LogP contribution in [0.3, 0.4) is 0 Å². The summed E-state index contributed by atoms with van der Waals surface area (Å²) in [5, 5.41) is 3.32. The van der Waals surface area contributed by atoms with Gasteiger partial charge in [-0.05, 0) is 62.3 Å². The molecular formula is C25H35N3O3. The SMILES string of the molecule is CC(C)CCN1C(=O)c2ccc(-c3ccco3)n2C[C@]1(C)C(=O)N[C@H]1CCCC[C@@H]1C. The van der Waals surface area contributed by atoms with Crippen molar-refractivity contribution in [3.8, 4) is 11.5 Å². The molecule has 2 amide bonds. The van der Waals surface area contributed by atoms with Crippen LogP contribution in [0.2, 0.25) is 0 Å². The summed E-state index contributed by atoms with van der Waals surface area (Å²) in [5.41, 5.74) is 0.504. The van der Waals surface area contributed by atoms with Gasteiger partial charge in [0.2, 0.25) is 5.91 Å². The van der Waals surface area contributed by atoms with E-state index in [1.807, 2.05) is 35.8 Å². The fraction of sp³-hybridized carbons (Fsp3) is 0.600. The third-order valence-electron chi connectivity index (χ3n) is 7.13. The lowest BCUT2D eigenvalue weighted by atomic mass is 9.85. The van der Waals surface area contributed by atoms with Crippen molar-refractivity contribution in [3.63, 3.8) is 0 Å². The number of nitrogens with zero attached hydrogens (tertiary/aromatic N) is 2. The van der Waals surface area contributed by atoms with Crippen LogP contribution >= 0.6 is 0 Å². The number of carbonyl (C=O) groups excluding carboxylic acids is 2. The molecule has 6 heteroatoms. The van der Waals surface area contributed by atoms with Crippen LogP contribution in [0.15, 0.2) is 34.9 Å². The molecule has 4 rings (SSSR count). The molecule has 6 nitrogen and oxygen atoms in total. The smallest absolute Gasteiger partial charge is 0.271 e. The molecule has 0 spiro atoms. The molecule has 2 aromatic heterocycles. The lowest BCUT2D eigenvalue weighted by Gasteiger charge is -2.45. The van der Waals surface area contributed by atoms with Crippen LogP contribution in [-0.4, -0.2) is 39.4 Å². The van der Waals surface area contributed by atoms with E-state index < -0.39 is 5.54 Å². The van der Waals surface area contributed by atoms with Gasteiger partial charge in [0.05, 0.1) is 18.5 Å². The molecule has 1 aliphatic carbocycles. The van der Waals surface area contributed by atoms with E-state index in [9.17, 15) is 9.59 Å². The number of amides is 2. The Kier molecular flexibility index (Phi) is 6.00. The van der Waals surface area contributed by atoms with E-state index in [0.717, 1.165) is 31.4 Å². The predicted octanol–water partition coefficient (Wildman–Crippen LogP) is 4.70. The maximum Gasteiger partial charge on any atom is 0.271 e. The average Bonchev–Trinajstić information content (AvgIpc) is 3.38. The quantitative estimate of drug-likeness (QED) is 0.729. The number of hydrogen-bond acceptors (Lipinski definition) is 3. The molecular weight excluding hydrogens is 390 g/mol. The van der Waals surface area contributed by atoms with Crippen molar-refractivity contribution in [3.05, 3.63) is 36.2 Å². The summed E-state index contributed by atoms with van der Waals surface area (Å²) in [6.45, 7) is 9.42. The third-order valence-corrected chi connectivity index (χ3v) is 7.13. The molecule has 0 bridgehead atoms. The van der Waals surface area contributed by atoms with Crippen LogP contribution in [0, 0.1) is 11.8 Å². The minimum absolute atomic E-state index is 0.0481. The second kappa shape index (κ2) is 8.56. The van der Waals surface area contributed by atoms with Gasteiger partial charge in [0, 0.05) is 12.6 Å². The zero-order valence-electron chi connectivity index (χ0n) is 19.2. The van der Waals surface area contributed by atoms with Crippen molar-refractivity contribution in [2.45, 2.75) is 77.9 Å². The Labute approximate surface area is 185 Å². The predicted molar refractivity (Wildman–Crippen MR) is 121 cm³/mol. The van der Waals surface area contributed by atoms with Crippen molar-refractivity contribution in [2.75, 3.05) is 6.54 Å². The Hall–Kier alpha value is -2.50. The molecule has 1 saturated carbocycles. The summed E-state index contributed by atoms with van der Waals surface area (Å²) in [6.07, 6.45) is 7.01. The summed E-state index contributed by atoms with van der Waals surface area (Å²) in [4.78, 5) is 29.1. The zero-order chi connectivity index (χ0) is 22.2. The Morgan fingerprint density at radius 1 is 1.23 bits per heavy atom. The summed E-state index contributed by atoms with van der Waals surface area (Å²) in [6, 6.07) is 7.67. The van der Waals surface area contributed by atoms with E-state index in [1.165, 1.54) is 6.42 Å². The molecule has 1 fully saturated rings. The van der Waals surface area contributed by atoms with Gasteiger partial charge in [0.15, 0.2) is 0 Å². The number of carbonyl (C=O) groups is 2. The fourth-order valence-corrected chi connectivity index (χ4v) is 5.00. The second-order valence-electron chi connectivity index (χ2n) is 9.92. The minimum Gasteiger partial charge on any atom is -0.463 e. The Bertz CT molecular complexity index is 930. The summed E-state index contributed by atoms with van der Waals surface area (Å²) in [5.74, 6) is 1.49. The molecule has 31 heavy (non-hydrogen) atoms. The lowest BCUT2D eigenvalue weighted by Crippen LogP contribution is -2.65. The molecule has 2 aromatic rings. The highest BCUT2D eigenvalue weighted by Crippen LogP contribution is 2.34. The van der Waals surface area contributed by atoms with Gasteiger partial charge < -0.3 is 19.2 Å². The van der Waals surface area contributed by atoms with Crippen LogP contribution in [-0.2, 0) is 11.3 Å². The van der Waals surface area contributed by atoms with Gasteiger partial charge in [0.1, 0.15) is 17.0 Å². The normalized spacial score (nSPS) is 26.2. The third kappa shape index (κ3) is 4.04. The summed E-state index contributed by atoms with van der Waals surface area (Å²) < 4.78 is 7.56. The average molecular weight is 426 g/mol. The number of fused-ring (bicyclic) bond motifs is 1. The monoisotopic (exact) mass is 425 g/mol. The van der Waals surface area contributed by atoms with Gasteiger partial charge in [-0.1, -0.05) is 33.6 Å². The Morgan fingerprint density at radius 3 is 2.65 bits per heavy atom. The van der Waals surface area contributed by atoms with Crippen LogP contribution in [0.1, 0.15) is 70.3 Å². The Balaban J connectivity index is 1.68. The lowest BCUT2D eigenvalue weighted by molar-refractivity contribution is -0.134. The van der Waals surface area contributed by atoms with Gasteiger partial charge in [-0.25, -0.2) is 0 Å². The van der Waals surface area contributed by atoms with Gasteiger partial charge in [-0.3, -0.25) is 9.59 Å². The van der Waals surface area contributed by atoms with Crippen molar-refractivity contribution in [1.29, 1.82) is 0 Å². The van der Waals surface area contributed by atoms with Crippen LogP contribution in [0.25, 0.3) is 11.5 Å². The second-order valence-corrected chi connectivity index (χ2v) is 9.92. The first-order valence-electron chi connectivity index (χ1n) is 11.7. The number of hydrogen-bond donors (Lipinski definition) is 1. The maximum atomic E-state index is 13.7. The van der Waals surface area contributed by atoms with E-state index in [1.54, 1.807) is 11.2 Å². The summed E-state index contributed by atoms with van der Waals surface area (Å²) >= 11 is 0. The van der Waals surface area contributed by atoms with Gasteiger partial charge >= 0.3 is 0 Å². The van der Waals surface area contributed by atoms with Crippen LogP contribution in [0.5, 0.6) is 0 Å². The highest BCUT2D eigenvalue weighted by Gasteiger charge is 2.48. The fourth-order valence-electron chi connectivity index (χ4n) is 5.00. The highest BCUT2D eigenvalue weighted by atomic mass is 16.3. The molecule has 168 valence electrons. The summed E-state index contributed by atoms with van der Waals surface area (Å²) in [7, 11) is 0. The number of aromatic nitrogens is 1. The molecule has 0 unspecified atom stereocenters. The first kappa shape index (κ1) is 21.7. The van der Waals surface area contributed by atoms with E-state index in [-0.39, 0.29) is 17.9 Å². The topological polar surface area (TPSA) is 67.5 Å². The molecule has 1 N–H and O–H groups in total. The molecule has 3 heterocycles. The van der Waals surface area contributed by atoms with Crippen molar-refractivity contribution >= 4 is 11.8 Å². The maximum absolute atomic E-state index is 13.7. The molecule has 1 aliphatic heterocycles. The highest BCUT2D eigenvalue weighted by molar-refractivity contribution is 6.00. The molecule has 0 saturated heterocycles. The van der Waals surface area contributed by atoms with Crippen molar-refractivity contribution < 1.29 is 14.0 Å². The van der Waals surface area contributed by atoms with E-state index in [2.05, 4.69) is 26.1 Å². The van der Waals surface area contributed by atoms with Gasteiger partial charge in [-0.15, -0.1) is 0 Å². The van der Waals surface area contributed by atoms with Crippen LogP contribution < -0.4 is 5.32 Å². The first-order valence-corrected chi connectivity index (χ1v) is 11.7. The molecule has 0 aromatic carbocycles. The van der Waals surface area contributed by atoms with Crippen LogP contribution in [0.4, 0.5) is 0 Å². The standard InChI is InChI=1S/C25H35N3O3/c1-17(2)13-14-28-23(29)21-12-11-20(22-10-7-15-31-22)27(21)16-25(28,4)24(30)26-19-9-6-5-8-18(19)3/h7,10-12,15,17-19H,5-6,8-9,13-14,16H2,1-4H3,(H,26,30)/t18-,19-,25+/m0/s1. The van der Waals surface area contributed by atoms with Crippen molar-refractivity contribution in [2.24, 2.45) is 11.8 Å². The number of furan rings is 1. The molecule has 3 atom stereocenters. The van der Waals surface area contributed by atoms with Crippen molar-refractivity contribution in [1.82, 2.24) is 14.8 Å². The van der Waals surface area contributed by atoms with E-state index in [4.69, 9.17) is 4.42 Å². The Morgan fingerprint density at radius 2 is 1.97 bits per heavy atom. The minimum atomic E-state index is -0.948. The van der Waals surface area contributed by atoms with E-state index in [0.29, 0.717) is 36.4 Å². The molecule has 2 aliphatic rings. The number of rotatable bonds is 6. The number of nitrogens with one attached hydrogen (secondary N) is 1. The molecule has 0 radical (unpaired) electrons. The van der Waals surface area contributed by atoms with E-state index >= 15 is 0 Å².